The minimum Gasteiger partial charge on any atom is -0.226 e. The maximum absolute atomic E-state index is 11.8. The first-order valence-corrected chi connectivity index (χ1v) is 6.08. The maximum Gasteiger partial charge on any atom is 0.266 e. The topological polar surface area (TPSA) is 62.3 Å². The fourth-order valence-electron chi connectivity index (χ4n) is 1.69. The lowest BCUT2D eigenvalue weighted by Gasteiger charge is -1.97. The first kappa shape index (κ1) is 10.4. The number of nitriles is 1. The highest BCUT2D eigenvalue weighted by molar-refractivity contribution is 7.92. The molecule has 4 nitrogen and oxygen atoms in total. The van der Waals surface area contributed by atoms with E-state index in [-0.39, 0.29) is 16.3 Å². The first-order valence-electron chi connectivity index (χ1n) is 4.43. The monoisotopic (exact) mass is 230 g/mol. The first-order chi connectivity index (χ1) is 7.60. The number of nitrogens with zero attached hydrogens (tertiary/aromatic N) is 2. The van der Waals surface area contributed by atoms with E-state index in [1.54, 1.807) is 24.3 Å². The second-order valence-electron chi connectivity index (χ2n) is 3.31. The summed E-state index contributed by atoms with van der Waals surface area (Å²) in [6, 6.07) is 8.17. The van der Waals surface area contributed by atoms with E-state index in [0.29, 0.717) is 11.1 Å². The smallest absolute Gasteiger partial charge is 0.226 e. The number of allylic oxidation sites excluding steroid dienone is 1. The standard InChI is InChI=1S/C11H6N2O2S/c1-13-10(6-12)9-7-16(14,15)11-5-3-2-4-8(9)11/h2-5H,7H2. The number of benzene rings is 1. The Bertz CT molecular complexity index is 657. The molecule has 0 spiro atoms. The highest BCUT2D eigenvalue weighted by Gasteiger charge is 2.31. The minimum absolute atomic E-state index is 0.145. The van der Waals surface area contributed by atoms with E-state index in [2.05, 4.69) is 4.85 Å². The van der Waals surface area contributed by atoms with Crippen LogP contribution in [0.2, 0.25) is 0 Å². The lowest BCUT2D eigenvalue weighted by molar-refractivity contribution is 0.601. The third kappa shape index (κ3) is 1.39. The van der Waals surface area contributed by atoms with Gasteiger partial charge in [0.05, 0.1) is 23.3 Å². The van der Waals surface area contributed by atoms with Crippen LogP contribution < -0.4 is 0 Å². The molecular weight excluding hydrogens is 224 g/mol. The molecule has 1 aliphatic rings. The molecule has 5 heteroatoms. The lowest BCUT2D eigenvalue weighted by Crippen LogP contribution is -1.98. The fourth-order valence-corrected chi connectivity index (χ4v) is 3.33. The number of hydrogen-bond acceptors (Lipinski definition) is 3. The molecule has 1 heterocycles. The zero-order valence-corrected chi connectivity index (χ0v) is 8.95. The Hall–Kier alpha value is -2.11. The van der Waals surface area contributed by atoms with Crippen LogP contribution in [0.5, 0.6) is 0 Å². The summed E-state index contributed by atoms with van der Waals surface area (Å²) < 4.78 is 23.5. The van der Waals surface area contributed by atoms with Crippen molar-refractivity contribution in [2.24, 2.45) is 0 Å². The largest absolute Gasteiger partial charge is 0.266 e. The van der Waals surface area contributed by atoms with Crippen molar-refractivity contribution in [3.63, 3.8) is 0 Å². The third-order valence-corrected chi connectivity index (χ3v) is 4.08. The zero-order chi connectivity index (χ0) is 11.8. The normalized spacial score (nSPS) is 19.4. The van der Waals surface area contributed by atoms with Crippen molar-refractivity contribution in [3.05, 3.63) is 46.9 Å². The van der Waals surface area contributed by atoms with Crippen molar-refractivity contribution in [1.82, 2.24) is 0 Å². The predicted molar refractivity (Wildman–Crippen MR) is 57.6 cm³/mol. The van der Waals surface area contributed by atoms with Gasteiger partial charge in [-0.05, 0) is 17.2 Å². The van der Waals surface area contributed by atoms with E-state index in [1.807, 2.05) is 0 Å². The van der Waals surface area contributed by atoms with Crippen LogP contribution in [-0.4, -0.2) is 14.2 Å². The van der Waals surface area contributed by atoms with Gasteiger partial charge in [-0.25, -0.2) is 18.5 Å². The van der Waals surface area contributed by atoms with E-state index in [4.69, 9.17) is 11.8 Å². The van der Waals surface area contributed by atoms with Crippen molar-refractivity contribution >= 4 is 15.4 Å². The number of fused-ring (bicyclic) bond motifs is 1. The van der Waals surface area contributed by atoms with Crippen LogP contribution in [0.1, 0.15) is 5.56 Å². The van der Waals surface area contributed by atoms with Gasteiger partial charge >= 0.3 is 0 Å². The molecule has 0 aromatic heterocycles. The van der Waals surface area contributed by atoms with Gasteiger partial charge in [0.2, 0.25) is 0 Å². The summed E-state index contributed by atoms with van der Waals surface area (Å²) in [5.74, 6) is -0.252. The van der Waals surface area contributed by atoms with Gasteiger partial charge in [0.25, 0.3) is 5.70 Å². The molecule has 0 aliphatic carbocycles. The van der Waals surface area contributed by atoms with E-state index in [1.165, 1.54) is 6.07 Å². The summed E-state index contributed by atoms with van der Waals surface area (Å²) in [7, 11) is -3.37. The molecule has 16 heavy (non-hydrogen) atoms. The zero-order valence-electron chi connectivity index (χ0n) is 8.14. The van der Waals surface area contributed by atoms with Crippen LogP contribution in [-0.2, 0) is 9.84 Å². The van der Waals surface area contributed by atoms with Crippen LogP contribution in [0, 0.1) is 17.9 Å². The highest BCUT2D eigenvalue weighted by atomic mass is 32.2. The van der Waals surface area contributed by atoms with Crippen molar-refractivity contribution in [2.45, 2.75) is 4.90 Å². The molecule has 1 aliphatic heterocycles. The van der Waals surface area contributed by atoms with Gasteiger partial charge in [-0.1, -0.05) is 18.2 Å². The summed E-state index contributed by atoms with van der Waals surface area (Å²) in [6.07, 6.45) is 0. The molecule has 0 saturated heterocycles. The molecule has 1 aromatic carbocycles. The van der Waals surface area contributed by atoms with Crippen LogP contribution >= 0.6 is 0 Å². The molecule has 2 rings (SSSR count). The van der Waals surface area contributed by atoms with Gasteiger partial charge in [-0.3, -0.25) is 0 Å². The molecule has 0 unspecified atom stereocenters. The lowest BCUT2D eigenvalue weighted by atomic mass is 10.1. The Labute approximate surface area is 93.2 Å². The molecule has 0 bridgehead atoms. The Morgan fingerprint density at radius 2 is 2.12 bits per heavy atom. The SMILES string of the molecule is [C-]#[N+]C(C#N)=C1CS(=O)(=O)c2ccccc21. The van der Waals surface area contributed by atoms with Crippen LogP contribution in [0.4, 0.5) is 0 Å². The summed E-state index contributed by atoms with van der Waals surface area (Å²) >= 11 is 0. The van der Waals surface area contributed by atoms with Gasteiger partial charge in [0, 0.05) is 0 Å². The van der Waals surface area contributed by atoms with Crippen molar-refractivity contribution in [1.29, 1.82) is 5.26 Å². The molecule has 0 saturated carbocycles. The van der Waals surface area contributed by atoms with Gasteiger partial charge in [-0.15, -0.1) is 0 Å². The number of hydrogen-bond donors (Lipinski definition) is 0. The average Bonchev–Trinajstić information content (AvgIpc) is 2.54. The van der Waals surface area contributed by atoms with Crippen molar-refractivity contribution in [2.75, 3.05) is 5.75 Å². The maximum atomic E-state index is 11.8. The predicted octanol–water partition coefficient (Wildman–Crippen LogP) is 1.63. The quantitative estimate of drug-likeness (QED) is 0.502. The molecule has 0 N–H and O–H groups in total. The van der Waals surface area contributed by atoms with Gasteiger partial charge in [0.1, 0.15) is 0 Å². The van der Waals surface area contributed by atoms with Crippen molar-refractivity contribution < 1.29 is 8.42 Å². The summed E-state index contributed by atoms with van der Waals surface area (Å²) in [6.45, 7) is 6.85. The van der Waals surface area contributed by atoms with E-state index in [9.17, 15) is 8.42 Å². The number of rotatable bonds is 0. The summed E-state index contributed by atoms with van der Waals surface area (Å²) in [5, 5.41) is 8.77. The Balaban J connectivity index is 2.83. The molecule has 0 atom stereocenters. The Morgan fingerprint density at radius 3 is 2.75 bits per heavy atom. The second-order valence-corrected chi connectivity index (χ2v) is 5.26. The van der Waals surface area contributed by atoms with Crippen LogP contribution in [0.3, 0.4) is 0 Å². The molecular formula is C11H6N2O2S. The third-order valence-electron chi connectivity index (χ3n) is 2.39. The molecule has 78 valence electrons. The fraction of sp³-hybridized carbons (Fsp3) is 0.0909. The Kier molecular flexibility index (Phi) is 2.26. The van der Waals surface area contributed by atoms with Gasteiger partial charge < -0.3 is 0 Å². The summed E-state index contributed by atoms with van der Waals surface area (Å²) in [4.78, 5) is 3.27. The van der Waals surface area contributed by atoms with Gasteiger partial charge in [0.15, 0.2) is 9.84 Å². The molecule has 0 fully saturated rings. The second kappa shape index (κ2) is 3.48. The number of sulfone groups is 1. The molecule has 1 aromatic rings. The average molecular weight is 230 g/mol. The minimum atomic E-state index is -3.37. The van der Waals surface area contributed by atoms with Gasteiger partial charge in [-0.2, -0.15) is 0 Å². The molecule has 0 amide bonds. The van der Waals surface area contributed by atoms with Crippen LogP contribution in [0.15, 0.2) is 34.9 Å². The Morgan fingerprint density at radius 1 is 1.44 bits per heavy atom. The van der Waals surface area contributed by atoms with Crippen LogP contribution in [0.25, 0.3) is 10.4 Å². The van der Waals surface area contributed by atoms with Crippen molar-refractivity contribution in [3.8, 4) is 6.07 Å². The summed E-state index contributed by atoms with van der Waals surface area (Å²) in [5.41, 5.74) is 0.650. The molecule has 0 radical (unpaired) electrons. The highest BCUT2D eigenvalue weighted by Crippen LogP contribution is 2.35. The van der Waals surface area contributed by atoms with E-state index >= 15 is 0 Å². The van der Waals surface area contributed by atoms with E-state index in [0.717, 1.165) is 0 Å². The van der Waals surface area contributed by atoms with E-state index < -0.39 is 9.84 Å².